The van der Waals surface area contributed by atoms with E-state index < -0.39 is 17.4 Å². The molecule has 0 aromatic heterocycles. The molecule has 28 heavy (non-hydrogen) atoms. The molecule has 1 amide bonds. The molecule has 1 aliphatic heterocycles. The minimum absolute atomic E-state index is 0.164. The van der Waals surface area contributed by atoms with Crippen LogP contribution in [-0.4, -0.2) is 16.8 Å². The molecule has 1 aliphatic carbocycles. The van der Waals surface area contributed by atoms with Crippen LogP contribution in [0.15, 0.2) is 78.9 Å². The molecule has 4 heteroatoms. The molecule has 2 unspecified atom stereocenters. The number of ketones is 1. The number of amides is 1. The monoisotopic (exact) mass is 369 g/mol. The number of anilines is 2. The normalized spacial score (nSPS) is 23.5. The van der Waals surface area contributed by atoms with Crippen molar-refractivity contribution in [2.24, 2.45) is 5.92 Å². The number of para-hydroxylation sites is 2. The van der Waals surface area contributed by atoms with Crippen molar-refractivity contribution in [3.8, 4) is 0 Å². The van der Waals surface area contributed by atoms with Crippen molar-refractivity contribution in [2.75, 3.05) is 4.90 Å². The molecule has 2 aliphatic rings. The van der Waals surface area contributed by atoms with Gasteiger partial charge in [-0.3, -0.25) is 14.5 Å². The highest BCUT2D eigenvalue weighted by atomic mass is 16.3. The Bertz CT molecular complexity index is 1090. The van der Waals surface area contributed by atoms with Crippen molar-refractivity contribution in [1.82, 2.24) is 0 Å². The summed E-state index contributed by atoms with van der Waals surface area (Å²) < 4.78 is 0. The van der Waals surface area contributed by atoms with Crippen LogP contribution < -0.4 is 4.90 Å². The number of hydrogen-bond acceptors (Lipinski definition) is 3. The fraction of sp³-hybridized carbons (Fsp3) is 0.167. The Morgan fingerprint density at radius 3 is 2.36 bits per heavy atom. The smallest absolute Gasteiger partial charge is 0.269 e. The first-order chi connectivity index (χ1) is 13.6. The summed E-state index contributed by atoms with van der Waals surface area (Å²) in [7, 11) is 0. The Hall–Kier alpha value is -3.24. The maximum absolute atomic E-state index is 13.6. The highest BCUT2D eigenvalue weighted by molar-refractivity contribution is 6.15. The fourth-order valence-corrected chi connectivity index (χ4v) is 4.55. The van der Waals surface area contributed by atoms with E-state index in [9.17, 15) is 14.7 Å². The van der Waals surface area contributed by atoms with Gasteiger partial charge < -0.3 is 5.11 Å². The summed E-state index contributed by atoms with van der Waals surface area (Å²) in [6.45, 7) is 0. The van der Waals surface area contributed by atoms with Crippen molar-refractivity contribution in [3.05, 3.63) is 95.6 Å². The zero-order chi connectivity index (χ0) is 19.3. The van der Waals surface area contributed by atoms with Gasteiger partial charge in [0, 0.05) is 16.8 Å². The van der Waals surface area contributed by atoms with Crippen LogP contribution in [0.5, 0.6) is 0 Å². The van der Waals surface area contributed by atoms with Crippen LogP contribution in [0.4, 0.5) is 11.4 Å². The second-order valence-corrected chi connectivity index (χ2v) is 7.37. The van der Waals surface area contributed by atoms with Crippen LogP contribution >= 0.6 is 0 Å². The lowest BCUT2D eigenvalue weighted by atomic mass is 9.71. The van der Waals surface area contributed by atoms with Gasteiger partial charge in [0.25, 0.3) is 5.91 Å². The van der Waals surface area contributed by atoms with Gasteiger partial charge in [0.15, 0.2) is 11.4 Å². The van der Waals surface area contributed by atoms with Gasteiger partial charge in [-0.1, -0.05) is 60.7 Å². The molecule has 0 fully saturated rings. The molecule has 0 saturated heterocycles. The van der Waals surface area contributed by atoms with E-state index in [4.69, 9.17) is 0 Å². The number of aliphatic hydroxyl groups is 1. The molecule has 0 radical (unpaired) electrons. The second-order valence-electron chi connectivity index (χ2n) is 7.37. The maximum Gasteiger partial charge on any atom is 0.269 e. The molecule has 0 spiro atoms. The van der Waals surface area contributed by atoms with E-state index >= 15 is 0 Å². The lowest BCUT2D eigenvalue weighted by molar-refractivity contribution is -0.140. The minimum atomic E-state index is -1.86. The number of aryl methyl sites for hydroxylation is 1. The summed E-state index contributed by atoms with van der Waals surface area (Å²) in [6.07, 6.45) is 1.10. The quantitative estimate of drug-likeness (QED) is 0.743. The van der Waals surface area contributed by atoms with Gasteiger partial charge in [0.1, 0.15) is 0 Å². The van der Waals surface area contributed by atoms with Crippen molar-refractivity contribution >= 4 is 23.1 Å². The summed E-state index contributed by atoms with van der Waals surface area (Å²) in [5.74, 6) is -1.43. The average Bonchev–Trinajstić information content (AvgIpc) is 2.97. The minimum Gasteiger partial charge on any atom is -0.375 e. The number of hydrogen-bond donors (Lipinski definition) is 1. The van der Waals surface area contributed by atoms with Gasteiger partial charge in [-0.15, -0.1) is 0 Å². The molecule has 3 aromatic carbocycles. The van der Waals surface area contributed by atoms with Crippen LogP contribution in [0.2, 0.25) is 0 Å². The van der Waals surface area contributed by atoms with Crippen molar-refractivity contribution in [1.29, 1.82) is 0 Å². The van der Waals surface area contributed by atoms with E-state index in [2.05, 4.69) is 0 Å². The third kappa shape index (κ3) is 2.21. The van der Waals surface area contributed by atoms with Gasteiger partial charge >= 0.3 is 0 Å². The van der Waals surface area contributed by atoms with Gasteiger partial charge in [0.05, 0.1) is 11.6 Å². The van der Waals surface area contributed by atoms with Gasteiger partial charge in [-0.05, 0) is 36.6 Å². The SMILES string of the molecule is O=C1c2ccccc2CCC1C1(O)C(=O)N(c2ccccc2)c2ccccc21. The first-order valence-electron chi connectivity index (χ1n) is 9.46. The first kappa shape index (κ1) is 16.9. The third-order valence-electron chi connectivity index (χ3n) is 5.91. The number of carbonyl (C=O) groups is 2. The Kier molecular flexibility index (Phi) is 3.71. The zero-order valence-electron chi connectivity index (χ0n) is 15.2. The molecule has 138 valence electrons. The topological polar surface area (TPSA) is 57.6 Å². The van der Waals surface area contributed by atoms with Crippen molar-refractivity contribution in [3.63, 3.8) is 0 Å². The van der Waals surface area contributed by atoms with E-state index in [-0.39, 0.29) is 5.78 Å². The molecular weight excluding hydrogens is 350 g/mol. The molecule has 0 saturated carbocycles. The average molecular weight is 369 g/mol. The second kappa shape index (κ2) is 6.14. The lowest BCUT2D eigenvalue weighted by Gasteiger charge is -2.34. The molecule has 1 N–H and O–H groups in total. The number of nitrogens with zero attached hydrogens (tertiary/aromatic N) is 1. The highest BCUT2D eigenvalue weighted by Gasteiger charge is 2.57. The molecule has 5 rings (SSSR count). The van der Waals surface area contributed by atoms with Gasteiger partial charge in [-0.25, -0.2) is 0 Å². The van der Waals surface area contributed by atoms with E-state index in [1.165, 1.54) is 4.90 Å². The summed E-state index contributed by atoms with van der Waals surface area (Å²) in [6, 6.07) is 23.9. The number of Topliss-reactive ketones (excluding diaryl/α,β-unsaturated/α-hetero) is 1. The van der Waals surface area contributed by atoms with Crippen LogP contribution in [0.25, 0.3) is 0 Å². The summed E-state index contributed by atoms with van der Waals surface area (Å²) in [5.41, 5.74) is 1.53. The van der Waals surface area contributed by atoms with E-state index in [0.29, 0.717) is 35.3 Å². The molecule has 1 heterocycles. The van der Waals surface area contributed by atoms with Gasteiger partial charge in [0.2, 0.25) is 0 Å². The number of fused-ring (bicyclic) bond motifs is 2. The lowest BCUT2D eigenvalue weighted by Crippen LogP contribution is -2.48. The first-order valence-corrected chi connectivity index (χ1v) is 9.46. The highest BCUT2D eigenvalue weighted by Crippen LogP contribution is 2.50. The maximum atomic E-state index is 13.6. The molecular formula is C24H19NO3. The number of rotatable bonds is 2. The molecule has 4 nitrogen and oxygen atoms in total. The summed E-state index contributed by atoms with van der Waals surface area (Å²) in [4.78, 5) is 28.4. The van der Waals surface area contributed by atoms with Crippen LogP contribution in [0, 0.1) is 5.92 Å². The Morgan fingerprint density at radius 2 is 1.54 bits per heavy atom. The zero-order valence-corrected chi connectivity index (χ0v) is 15.2. The van der Waals surface area contributed by atoms with E-state index in [1.54, 1.807) is 18.2 Å². The predicted octanol–water partition coefficient (Wildman–Crippen LogP) is 4.00. The Labute approximate surface area is 163 Å². The molecule has 3 aromatic rings. The van der Waals surface area contributed by atoms with Crippen molar-refractivity contribution in [2.45, 2.75) is 18.4 Å². The fourth-order valence-electron chi connectivity index (χ4n) is 4.55. The van der Waals surface area contributed by atoms with Crippen LogP contribution in [-0.2, 0) is 16.8 Å². The summed E-state index contributed by atoms with van der Waals surface area (Å²) >= 11 is 0. The standard InChI is InChI=1S/C24H19NO3/c26-22-18-11-5-4-8-16(18)14-15-20(22)24(28)19-12-6-7-13-21(19)25(23(24)27)17-9-2-1-3-10-17/h1-13,20,28H,14-15H2. The number of benzene rings is 3. The Morgan fingerprint density at radius 1 is 0.857 bits per heavy atom. The Balaban J connectivity index is 1.66. The van der Waals surface area contributed by atoms with E-state index in [0.717, 1.165) is 5.56 Å². The van der Waals surface area contributed by atoms with Crippen molar-refractivity contribution < 1.29 is 14.7 Å². The van der Waals surface area contributed by atoms with Gasteiger partial charge in [-0.2, -0.15) is 0 Å². The van der Waals surface area contributed by atoms with Crippen LogP contribution in [0.1, 0.15) is 27.9 Å². The largest absolute Gasteiger partial charge is 0.375 e. The predicted molar refractivity (Wildman–Crippen MR) is 107 cm³/mol. The van der Waals surface area contributed by atoms with E-state index in [1.807, 2.05) is 60.7 Å². The molecule has 2 atom stereocenters. The number of carbonyl (C=O) groups excluding carboxylic acids is 2. The van der Waals surface area contributed by atoms with Crippen LogP contribution in [0.3, 0.4) is 0 Å². The molecule has 0 bridgehead atoms. The third-order valence-corrected chi connectivity index (χ3v) is 5.91. The summed E-state index contributed by atoms with van der Waals surface area (Å²) in [5, 5.41) is 11.8.